The van der Waals surface area contributed by atoms with Crippen LogP contribution in [0.5, 0.6) is 0 Å². The molecule has 0 spiro atoms. The summed E-state index contributed by atoms with van der Waals surface area (Å²) in [7, 11) is -3.51. The molecule has 0 unspecified atom stereocenters. The number of anilines is 1. The Balaban J connectivity index is 1.47. The van der Waals surface area contributed by atoms with Crippen molar-refractivity contribution in [3.8, 4) is 0 Å². The lowest BCUT2D eigenvalue weighted by Gasteiger charge is -2.27. The number of rotatable bonds is 7. The molecule has 188 valence electrons. The van der Waals surface area contributed by atoms with Crippen LogP contribution >= 0.6 is 22.9 Å². The fourth-order valence-electron chi connectivity index (χ4n) is 4.27. The van der Waals surface area contributed by atoms with Crippen molar-refractivity contribution in [1.82, 2.24) is 14.9 Å². The van der Waals surface area contributed by atoms with E-state index in [0.717, 1.165) is 29.9 Å². The van der Waals surface area contributed by atoms with Crippen LogP contribution in [-0.4, -0.2) is 67.9 Å². The van der Waals surface area contributed by atoms with Crippen LogP contribution in [0.25, 0.3) is 0 Å². The number of piperidine rings is 1. The Hall–Kier alpha value is -2.47. The smallest absolute Gasteiger partial charge is 0.261 e. The zero-order valence-corrected chi connectivity index (χ0v) is 21.6. The Bertz CT molecular complexity index is 1210. The molecule has 2 fully saturated rings. The molecule has 0 radical (unpaired) electrons. The van der Waals surface area contributed by atoms with Gasteiger partial charge in [-0.2, -0.15) is 4.31 Å². The van der Waals surface area contributed by atoms with Gasteiger partial charge in [-0.3, -0.25) is 14.4 Å². The molecule has 2 saturated heterocycles. The summed E-state index contributed by atoms with van der Waals surface area (Å²) in [6, 6.07) is 8.74. The normalized spacial score (nSPS) is 21.2. The highest BCUT2D eigenvalue weighted by Crippen LogP contribution is 2.24. The number of halogens is 1. The van der Waals surface area contributed by atoms with Crippen molar-refractivity contribution < 1.29 is 22.8 Å². The van der Waals surface area contributed by atoms with E-state index >= 15 is 0 Å². The van der Waals surface area contributed by atoms with E-state index in [0.29, 0.717) is 27.7 Å². The summed E-state index contributed by atoms with van der Waals surface area (Å²) in [6.45, 7) is 2.32. The van der Waals surface area contributed by atoms with Gasteiger partial charge in [-0.1, -0.05) is 11.6 Å². The quantitative estimate of drug-likeness (QED) is 0.562. The molecule has 2 N–H and O–H groups in total. The SMILES string of the molecule is CCS(=O)(=O)N1C[C@@H](NC(=O)c2ccc(N3CCCCC3=O)cc2)[C@H](NC(=O)c2ccc(Cl)s2)C1. The van der Waals surface area contributed by atoms with Crippen LogP contribution < -0.4 is 15.5 Å². The molecule has 0 saturated carbocycles. The van der Waals surface area contributed by atoms with Gasteiger partial charge in [0.15, 0.2) is 0 Å². The van der Waals surface area contributed by atoms with Crippen LogP contribution in [0, 0.1) is 0 Å². The van der Waals surface area contributed by atoms with Gasteiger partial charge in [0, 0.05) is 37.3 Å². The van der Waals surface area contributed by atoms with E-state index in [9.17, 15) is 22.8 Å². The van der Waals surface area contributed by atoms with Crippen LogP contribution in [0.2, 0.25) is 4.34 Å². The third kappa shape index (κ3) is 5.85. The molecule has 12 heteroatoms. The predicted octanol–water partition coefficient (Wildman–Crippen LogP) is 2.48. The van der Waals surface area contributed by atoms with Gasteiger partial charge < -0.3 is 15.5 Å². The summed E-state index contributed by atoms with van der Waals surface area (Å²) in [5.41, 5.74) is 1.12. The molecule has 2 aliphatic heterocycles. The lowest BCUT2D eigenvalue weighted by molar-refractivity contribution is -0.119. The maximum Gasteiger partial charge on any atom is 0.261 e. The first kappa shape index (κ1) is 25.6. The maximum atomic E-state index is 13.0. The van der Waals surface area contributed by atoms with Gasteiger partial charge >= 0.3 is 0 Å². The minimum absolute atomic E-state index is 0.0540. The summed E-state index contributed by atoms with van der Waals surface area (Å²) in [4.78, 5) is 40.0. The fourth-order valence-corrected chi connectivity index (χ4v) is 6.36. The third-order valence-corrected chi connectivity index (χ3v) is 9.28. The Kier molecular flexibility index (Phi) is 7.80. The molecule has 4 rings (SSSR count). The average Bonchev–Trinajstić information content (AvgIpc) is 3.46. The number of hydrogen-bond donors (Lipinski definition) is 2. The first-order chi connectivity index (χ1) is 16.7. The van der Waals surface area contributed by atoms with Gasteiger partial charge in [-0.25, -0.2) is 8.42 Å². The highest BCUT2D eigenvalue weighted by atomic mass is 35.5. The molecule has 3 amide bonds. The molecule has 3 heterocycles. The topological polar surface area (TPSA) is 116 Å². The molecule has 2 atom stereocenters. The van der Waals surface area contributed by atoms with Gasteiger partial charge in [-0.05, 0) is 56.2 Å². The van der Waals surface area contributed by atoms with Crippen molar-refractivity contribution in [2.45, 2.75) is 38.3 Å². The van der Waals surface area contributed by atoms with Crippen LogP contribution in [0.15, 0.2) is 36.4 Å². The van der Waals surface area contributed by atoms with E-state index < -0.39 is 22.1 Å². The monoisotopic (exact) mass is 538 g/mol. The van der Waals surface area contributed by atoms with E-state index in [1.165, 1.54) is 4.31 Å². The Labute approximate surface area is 213 Å². The van der Waals surface area contributed by atoms with Crippen molar-refractivity contribution in [2.24, 2.45) is 0 Å². The first-order valence-electron chi connectivity index (χ1n) is 11.4. The number of sulfonamides is 1. The van der Waals surface area contributed by atoms with Gasteiger partial charge in [0.1, 0.15) is 0 Å². The second kappa shape index (κ2) is 10.7. The second-order valence-corrected chi connectivity index (χ2v) is 12.5. The van der Waals surface area contributed by atoms with Crippen LogP contribution in [0.3, 0.4) is 0 Å². The van der Waals surface area contributed by atoms with E-state index in [2.05, 4.69) is 10.6 Å². The number of carbonyl (C=O) groups is 3. The number of thiophene rings is 1. The van der Waals surface area contributed by atoms with Crippen molar-refractivity contribution in [1.29, 1.82) is 0 Å². The third-order valence-electron chi connectivity index (χ3n) is 6.24. The number of amides is 3. The summed E-state index contributed by atoms with van der Waals surface area (Å²) in [5, 5.41) is 5.72. The highest BCUT2D eigenvalue weighted by Gasteiger charge is 2.40. The minimum Gasteiger partial charge on any atom is -0.346 e. The summed E-state index contributed by atoms with van der Waals surface area (Å²) < 4.78 is 26.7. The van der Waals surface area contributed by atoms with Crippen molar-refractivity contribution in [3.05, 3.63) is 51.2 Å². The summed E-state index contributed by atoms with van der Waals surface area (Å²) in [6.07, 6.45) is 2.35. The molecule has 1 aromatic heterocycles. The number of nitrogens with zero attached hydrogens (tertiary/aromatic N) is 2. The van der Waals surface area contributed by atoms with E-state index in [-0.39, 0.29) is 36.6 Å². The predicted molar refractivity (Wildman–Crippen MR) is 136 cm³/mol. The number of benzene rings is 1. The van der Waals surface area contributed by atoms with E-state index in [1.54, 1.807) is 48.2 Å². The summed E-state index contributed by atoms with van der Waals surface area (Å²) >= 11 is 7.05. The molecule has 2 aromatic rings. The lowest BCUT2D eigenvalue weighted by Crippen LogP contribution is -2.50. The number of carbonyl (C=O) groups excluding carboxylic acids is 3. The van der Waals surface area contributed by atoms with Gasteiger partial charge in [0.25, 0.3) is 11.8 Å². The molecule has 2 aliphatic rings. The fraction of sp³-hybridized carbons (Fsp3) is 0.435. The summed E-state index contributed by atoms with van der Waals surface area (Å²) in [5.74, 6) is -0.772. The zero-order chi connectivity index (χ0) is 25.2. The Morgan fingerprint density at radius 1 is 1.03 bits per heavy atom. The number of nitrogens with one attached hydrogen (secondary N) is 2. The maximum absolute atomic E-state index is 13.0. The van der Waals surface area contributed by atoms with Gasteiger partial charge in [0.2, 0.25) is 15.9 Å². The van der Waals surface area contributed by atoms with Crippen molar-refractivity contribution in [3.63, 3.8) is 0 Å². The molecule has 9 nitrogen and oxygen atoms in total. The number of hydrogen-bond acceptors (Lipinski definition) is 6. The highest BCUT2D eigenvalue weighted by molar-refractivity contribution is 7.89. The first-order valence-corrected chi connectivity index (χ1v) is 14.2. The van der Waals surface area contributed by atoms with E-state index in [1.807, 2.05) is 0 Å². The molecular weight excluding hydrogens is 512 g/mol. The molecule has 0 bridgehead atoms. The van der Waals surface area contributed by atoms with E-state index in [4.69, 9.17) is 11.6 Å². The minimum atomic E-state index is -3.51. The van der Waals surface area contributed by atoms with Crippen LogP contribution in [0.4, 0.5) is 5.69 Å². The van der Waals surface area contributed by atoms with Crippen molar-refractivity contribution >= 4 is 56.4 Å². The average molecular weight is 539 g/mol. The molecule has 35 heavy (non-hydrogen) atoms. The Morgan fingerprint density at radius 3 is 2.26 bits per heavy atom. The molecule has 1 aromatic carbocycles. The van der Waals surface area contributed by atoms with Crippen LogP contribution in [-0.2, 0) is 14.8 Å². The zero-order valence-electron chi connectivity index (χ0n) is 19.2. The second-order valence-electron chi connectivity index (χ2n) is 8.53. The molecular formula is C23H27ClN4O5S2. The van der Waals surface area contributed by atoms with Crippen molar-refractivity contribution in [2.75, 3.05) is 30.3 Å². The largest absolute Gasteiger partial charge is 0.346 e. The lowest BCUT2D eigenvalue weighted by atomic mass is 10.1. The van der Waals surface area contributed by atoms with Gasteiger partial charge in [-0.15, -0.1) is 11.3 Å². The standard InChI is InChI=1S/C23H27ClN4O5S2/c1-2-35(32,33)27-13-17(18(14-27)26-23(31)19-10-11-20(24)34-19)25-22(30)15-6-8-16(9-7-15)28-12-4-3-5-21(28)29/h6-11,17-18H,2-5,12-14H2,1H3,(H,25,30)(H,26,31)/t17-,18-/m1/s1. The Morgan fingerprint density at radius 2 is 1.69 bits per heavy atom. The molecule has 0 aliphatic carbocycles. The van der Waals surface area contributed by atoms with Gasteiger partial charge in [0.05, 0.1) is 27.1 Å². The van der Waals surface area contributed by atoms with Crippen LogP contribution in [0.1, 0.15) is 46.2 Å².